The second-order valence-corrected chi connectivity index (χ2v) is 6.46. The molecule has 0 aliphatic carbocycles. The van der Waals surface area contributed by atoms with Crippen molar-refractivity contribution in [3.8, 4) is 11.5 Å². The van der Waals surface area contributed by atoms with E-state index in [-0.39, 0.29) is 38.5 Å². The molecule has 1 N–H and O–H groups in total. The number of quaternary nitrogens is 1. The Morgan fingerprint density at radius 2 is 1.64 bits per heavy atom. The molecular weight excluding hydrogens is 391 g/mol. The molecule has 0 bridgehead atoms. The van der Waals surface area contributed by atoms with Gasteiger partial charge in [0.1, 0.15) is 31.1 Å². The number of hydrogen-bond acceptors (Lipinski definition) is 3. The topological polar surface area (TPSA) is 38.7 Å². The summed E-state index contributed by atoms with van der Waals surface area (Å²) in [7, 11) is 0. The van der Waals surface area contributed by atoms with Crippen LogP contribution in [0.15, 0.2) is 54.6 Å². The number of benzene rings is 2. The van der Waals surface area contributed by atoms with Crippen LogP contribution in [0.3, 0.4) is 0 Å². The minimum atomic E-state index is 0. The first-order valence-electron chi connectivity index (χ1n) is 8.64. The van der Waals surface area contributed by atoms with Gasteiger partial charge >= 0.3 is 0 Å². The maximum Gasteiger partial charge on any atom is 0.119 e. The molecule has 1 aliphatic heterocycles. The third kappa shape index (κ3) is 6.38. The average Bonchev–Trinajstić information content (AvgIpc) is 2.62. The molecular formula is C20H26NO3Y+. The zero-order valence-corrected chi connectivity index (χ0v) is 17.5. The van der Waals surface area contributed by atoms with Gasteiger partial charge in [0, 0.05) is 44.7 Å². The van der Waals surface area contributed by atoms with E-state index in [1.807, 2.05) is 0 Å². The Bertz CT molecular complexity index is 613. The molecule has 1 saturated heterocycles. The number of hydrogen-bond donors (Lipinski definition) is 1. The van der Waals surface area contributed by atoms with E-state index in [4.69, 9.17) is 9.47 Å². The summed E-state index contributed by atoms with van der Waals surface area (Å²) in [6.45, 7) is 6.65. The van der Waals surface area contributed by atoms with E-state index in [1.165, 1.54) is 5.56 Å². The van der Waals surface area contributed by atoms with E-state index in [2.05, 4.69) is 30.3 Å². The molecule has 0 spiro atoms. The van der Waals surface area contributed by atoms with Crippen molar-refractivity contribution >= 4 is 0 Å². The summed E-state index contributed by atoms with van der Waals surface area (Å²) in [5.41, 5.74) is 1.39. The molecule has 5 heteroatoms. The van der Waals surface area contributed by atoms with Gasteiger partial charge in [-0.3, -0.25) is 0 Å². The fourth-order valence-corrected chi connectivity index (χ4v) is 3.29. The molecule has 3 rings (SSSR count). The number of rotatable bonds is 7. The molecule has 2 aromatic carbocycles. The Hall–Kier alpha value is -0.936. The van der Waals surface area contributed by atoms with Crippen LogP contribution in [-0.4, -0.2) is 49.0 Å². The van der Waals surface area contributed by atoms with Gasteiger partial charge in [-0.25, -0.2) is 0 Å². The van der Waals surface area contributed by atoms with E-state index in [0.29, 0.717) is 6.61 Å². The summed E-state index contributed by atoms with van der Waals surface area (Å²) >= 11 is 0. The molecule has 1 heterocycles. The van der Waals surface area contributed by atoms with Gasteiger partial charge in [-0.05, 0) is 24.3 Å². The normalized spacial score (nSPS) is 16.0. The summed E-state index contributed by atoms with van der Waals surface area (Å²) < 4.78 is 12.4. The van der Waals surface area contributed by atoms with Crippen LogP contribution in [0.2, 0.25) is 0 Å². The Balaban J connectivity index is 0.00000225. The largest absolute Gasteiger partial charge is 0.508 e. The Labute approximate surface area is 175 Å². The number of phenols is 1. The van der Waals surface area contributed by atoms with Crippen molar-refractivity contribution in [1.82, 2.24) is 0 Å². The summed E-state index contributed by atoms with van der Waals surface area (Å²) in [6.07, 6.45) is 1.01. The standard InChI is InChI=1S/C20H25NO3.Y/c22-19-7-9-20(10-8-19)24-14-4-11-21(12-15-23-16-13-21)17-18-5-2-1-3-6-18;/h1-3,5-10H,4,11-17H2;/p+1. The van der Waals surface area contributed by atoms with Crippen molar-refractivity contribution < 1.29 is 51.8 Å². The van der Waals surface area contributed by atoms with Crippen LogP contribution in [0.1, 0.15) is 12.0 Å². The zero-order valence-electron chi connectivity index (χ0n) is 14.6. The van der Waals surface area contributed by atoms with E-state index in [1.54, 1.807) is 24.3 Å². The van der Waals surface area contributed by atoms with Crippen LogP contribution in [0.4, 0.5) is 0 Å². The molecule has 0 atom stereocenters. The van der Waals surface area contributed by atoms with Gasteiger partial charge in [-0.15, -0.1) is 0 Å². The quantitative estimate of drug-likeness (QED) is 0.556. The third-order valence-corrected chi connectivity index (χ3v) is 4.66. The Kier molecular flexibility index (Phi) is 8.37. The second kappa shape index (κ2) is 10.3. The summed E-state index contributed by atoms with van der Waals surface area (Å²) in [6, 6.07) is 17.6. The van der Waals surface area contributed by atoms with Crippen LogP contribution in [-0.2, 0) is 44.0 Å². The van der Waals surface area contributed by atoms with Crippen LogP contribution in [0.5, 0.6) is 11.5 Å². The van der Waals surface area contributed by atoms with Crippen molar-refractivity contribution in [1.29, 1.82) is 0 Å². The first-order chi connectivity index (χ1) is 11.8. The first-order valence-corrected chi connectivity index (χ1v) is 8.64. The number of ether oxygens (including phenoxy) is 2. The Morgan fingerprint density at radius 3 is 2.32 bits per heavy atom. The van der Waals surface area contributed by atoms with Gasteiger partial charge in [0.15, 0.2) is 0 Å². The third-order valence-electron chi connectivity index (χ3n) is 4.66. The predicted octanol–water partition coefficient (Wildman–Crippen LogP) is 3.21. The summed E-state index contributed by atoms with van der Waals surface area (Å²) in [4.78, 5) is 0. The average molecular weight is 417 g/mol. The fraction of sp³-hybridized carbons (Fsp3) is 0.400. The molecule has 0 saturated carbocycles. The predicted molar refractivity (Wildman–Crippen MR) is 94.0 cm³/mol. The van der Waals surface area contributed by atoms with Gasteiger partial charge in [0.25, 0.3) is 0 Å². The first kappa shape index (κ1) is 20.4. The van der Waals surface area contributed by atoms with Gasteiger partial charge < -0.3 is 19.1 Å². The van der Waals surface area contributed by atoms with Crippen molar-refractivity contribution in [2.24, 2.45) is 0 Å². The molecule has 4 nitrogen and oxygen atoms in total. The summed E-state index contributed by atoms with van der Waals surface area (Å²) in [5.74, 6) is 1.08. The van der Waals surface area contributed by atoms with Crippen LogP contribution in [0.25, 0.3) is 0 Å². The van der Waals surface area contributed by atoms with Gasteiger partial charge in [0.05, 0.1) is 26.4 Å². The van der Waals surface area contributed by atoms with Crippen LogP contribution >= 0.6 is 0 Å². The summed E-state index contributed by atoms with van der Waals surface area (Å²) in [5, 5.41) is 9.30. The smallest absolute Gasteiger partial charge is 0.119 e. The van der Waals surface area contributed by atoms with Crippen molar-refractivity contribution in [3.63, 3.8) is 0 Å². The number of morpholine rings is 1. The molecule has 1 radical (unpaired) electrons. The molecule has 1 fully saturated rings. The SMILES string of the molecule is Oc1ccc(OCCC[N+]2(Cc3ccccc3)CCOCC2)cc1.[Y]. The molecule has 0 amide bonds. The fourth-order valence-electron chi connectivity index (χ4n) is 3.29. The monoisotopic (exact) mass is 417 g/mol. The van der Waals surface area contributed by atoms with E-state index >= 15 is 0 Å². The maximum absolute atomic E-state index is 9.30. The molecule has 1 aliphatic rings. The molecule has 131 valence electrons. The maximum atomic E-state index is 9.30. The second-order valence-electron chi connectivity index (χ2n) is 6.46. The van der Waals surface area contributed by atoms with E-state index in [9.17, 15) is 5.11 Å². The number of nitrogens with zero attached hydrogens (tertiary/aromatic N) is 1. The van der Waals surface area contributed by atoms with E-state index in [0.717, 1.165) is 56.0 Å². The molecule has 2 aromatic rings. The van der Waals surface area contributed by atoms with Crippen molar-refractivity contribution in [3.05, 3.63) is 60.2 Å². The van der Waals surface area contributed by atoms with Gasteiger partial charge in [0.2, 0.25) is 0 Å². The van der Waals surface area contributed by atoms with E-state index < -0.39 is 0 Å². The molecule has 0 unspecified atom stereocenters. The van der Waals surface area contributed by atoms with Crippen LogP contribution < -0.4 is 4.74 Å². The van der Waals surface area contributed by atoms with Crippen molar-refractivity contribution in [2.45, 2.75) is 13.0 Å². The number of aromatic hydroxyl groups is 1. The molecule has 0 aromatic heterocycles. The zero-order chi connectivity index (χ0) is 16.7. The number of phenolic OH excluding ortho intramolecular Hbond substituents is 1. The minimum absolute atomic E-state index is 0. The van der Waals surface area contributed by atoms with Crippen molar-refractivity contribution in [2.75, 3.05) is 39.5 Å². The van der Waals surface area contributed by atoms with Gasteiger partial charge in [-0.2, -0.15) is 0 Å². The van der Waals surface area contributed by atoms with Gasteiger partial charge in [-0.1, -0.05) is 30.3 Å². The Morgan fingerprint density at radius 1 is 0.960 bits per heavy atom. The molecule has 25 heavy (non-hydrogen) atoms. The van der Waals surface area contributed by atoms with Crippen LogP contribution in [0, 0.1) is 0 Å². The minimum Gasteiger partial charge on any atom is -0.508 e.